The topological polar surface area (TPSA) is 53.9 Å². The molecule has 0 radical (unpaired) electrons. The largest absolute Gasteiger partial charge is 0.378 e. The second kappa shape index (κ2) is 7.26. The maximum atomic E-state index is 11.4. The summed E-state index contributed by atoms with van der Waals surface area (Å²) in [5.74, 6) is 0. The van der Waals surface area contributed by atoms with Crippen LogP contribution in [-0.4, -0.2) is 48.4 Å². The Balaban J connectivity index is 2.86. The Bertz CT molecular complexity index is 515. The van der Waals surface area contributed by atoms with E-state index in [-0.39, 0.29) is 6.04 Å². The smallest absolute Gasteiger partial charge is 0.225 e. The minimum atomic E-state index is -3.38. The van der Waals surface area contributed by atoms with Crippen LogP contribution in [0.1, 0.15) is 11.6 Å². The van der Waals surface area contributed by atoms with Crippen molar-refractivity contribution in [2.75, 3.05) is 44.8 Å². The van der Waals surface area contributed by atoms with Gasteiger partial charge in [0.2, 0.25) is 10.0 Å². The van der Waals surface area contributed by atoms with Crippen LogP contribution < -0.4 is 14.5 Å². The minimum absolute atomic E-state index is 0.0456. The first kappa shape index (κ1) is 17.2. The molecule has 0 aliphatic rings. The molecular formula is C13H23ClN3O2S+. The highest BCUT2D eigenvalue weighted by atomic mass is 35.5. The van der Waals surface area contributed by atoms with Gasteiger partial charge in [-0.2, -0.15) is 0 Å². The van der Waals surface area contributed by atoms with E-state index in [9.17, 15) is 8.42 Å². The van der Waals surface area contributed by atoms with Crippen molar-refractivity contribution in [3.8, 4) is 0 Å². The molecule has 0 amide bonds. The number of hydrogen-bond donors (Lipinski definition) is 2. The first-order valence-electron chi connectivity index (χ1n) is 6.37. The number of likely N-dealkylation sites (N-methyl/N-ethyl adjacent to an activating group) is 1. The van der Waals surface area contributed by atoms with E-state index < -0.39 is 15.2 Å². The maximum absolute atomic E-state index is 11.4. The molecule has 0 fully saturated rings. The summed E-state index contributed by atoms with van der Waals surface area (Å²) in [5.41, 5.74) is 2.20. The summed E-state index contributed by atoms with van der Waals surface area (Å²) in [6.45, 7) is 0.332. The summed E-state index contributed by atoms with van der Waals surface area (Å²) in [6.07, 6.45) is 0. The van der Waals surface area contributed by atoms with E-state index in [2.05, 4.69) is 4.72 Å². The number of anilines is 1. The van der Waals surface area contributed by atoms with E-state index in [1.165, 1.54) is 0 Å². The Morgan fingerprint density at radius 2 is 1.80 bits per heavy atom. The van der Waals surface area contributed by atoms with Crippen LogP contribution in [0, 0.1) is 0 Å². The van der Waals surface area contributed by atoms with E-state index in [1.807, 2.05) is 57.4 Å². The lowest BCUT2D eigenvalue weighted by Gasteiger charge is -2.23. The number of rotatable bonds is 7. The molecule has 0 aromatic heterocycles. The Morgan fingerprint density at radius 3 is 2.20 bits per heavy atom. The quantitative estimate of drug-likeness (QED) is 0.698. The van der Waals surface area contributed by atoms with Gasteiger partial charge in [0.05, 0.1) is 20.6 Å². The molecule has 0 saturated carbocycles. The lowest BCUT2D eigenvalue weighted by atomic mass is 10.1. The normalized spacial score (nSPS) is 13.5. The molecule has 1 rings (SSSR count). The molecule has 0 bridgehead atoms. The van der Waals surface area contributed by atoms with Gasteiger partial charge in [-0.25, -0.2) is 13.1 Å². The van der Waals surface area contributed by atoms with E-state index in [1.54, 1.807) is 0 Å². The van der Waals surface area contributed by atoms with Crippen LogP contribution in [-0.2, 0) is 10.0 Å². The maximum Gasteiger partial charge on any atom is 0.225 e. The summed E-state index contributed by atoms with van der Waals surface area (Å²) in [5, 5.41) is -0.415. The second-order valence-corrected chi connectivity index (χ2v) is 7.58. The van der Waals surface area contributed by atoms with E-state index in [0.29, 0.717) is 6.54 Å². The van der Waals surface area contributed by atoms with Crippen LogP contribution in [0.25, 0.3) is 0 Å². The van der Waals surface area contributed by atoms with Crippen molar-refractivity contribution >= 4 is 27.3 Å². The van der Waals surface area contributed by atoms with Gasteiger partial charge in [0.15, 0.2) is 0 Å². The van der Waals surface area contributed by atoms with Crippen LogP contribution >= 0.6 is 11.6 Å². The summed E-state index contributed by atoms with van der Waals surface area (Å²) in [4.78, 5) is 3.18. The third-order valence-electron chi connectivity index (χ3n) is 3.16. The van der Waals surface area contributed by atoms with Crippen molar-refractivity contribution < 1.29 is 13.3 Å². The standard InChI is InChI=1S/C13H22ClN3O2S/c1-16(2)12-7-5-11(6-8-12)13(17(3)4)9-15-20(18,19)10-14/h5-8,13,15H,9-10H2,1-4H3/p+1/t13-/m1/s1. The van der Waals surface area contributed by atoms with Crippen molar-refractivity contribution in [1.82, 2.24) is 4.72 Å². The predicted octanol–water partition coefficient (Wildman–Crippen LogP) is 0.0539. The number of alkyl halides is 1. The van der Waals surface area contributed by atoms with Gasteiger partial charge in [0.1, 0.15) is 11.3 Å². The van der Waals surface area contributed by atoms with Crippen LogP contribution in [0.4, 0.5) is 5.69 Å². The van der Waals surface area contributed by atoms with Crippen LogP contribution in [0.3, 0.4) is 0 Å². The number of hydrogen-bond acceptors (Lipinski definition) is 3. The van der Waals surface area contributed by atoms with Gasteiger partial charge in [-0.15, -0.1) is 11.6 Å². The molecule has 1 aromatic rings. The fraction of sp³-hybridized carbons (Fsp3) is 0.538. The van der Waals surface area contributed by atoms with Crippen LogP contribution in [0.15, 0.2) is 24.3 Å². The molecular weight excluding hydrogens is 298 g/mol. The number of halogens is 1. The van der Waals surface area contributed by atoms with Crippen molar-refractivity contribution in [2.24, 2.45) is 0 Å². The molecule has 0 spiro atoms. The fourth-order valence-electron chi connectivity index (χ4n) is 1.91. The third kappa shape index (κ3) is 4.94. The predicted molar refractivity (Wildman–Crippen MR) is 84.0 cm³/mol. The molecule has 2 N–H and O–H groups in total. The first-order chi connectivity index (χ1) is 9.26. The molecule has 0 unspecified atom stereocenters. The van der Waals surface area contributed by atoms with Gasteiger partial charge >= 0.3 is 0 Å². The van der Waals surface area contributed by atoms with Gasteiger partial charge in [-0.05, 0) is 12.1 Å². The Hall–Kier alpha value is -0.820. The van der Waals surface area contributed by atoms with Crippen LogP contribution in [0.2, 0.25) is 0 Å². The van der Waals surface area contributed by atoms with Crippen molar-refractivity contribution in [3.63, 3.8) is 0 Å². The molecule has 0 heterocycles. The molecule has 20 heavy (non-hydrogen) atoms. The molecule has 1 aromatic carbocycles. The number of quaternary nitrogens is 1. The number of benzene rings is 1. The zero-order valence-corrected chi connectivity index (χ0v) is 13.9. The molecule has 7 heteroatoms. The van der Waals surface area contributed by atoms with Crippen molar-refractivity contribution in [3.05, 3.63) is 29.8 Å². The van der Waals surface area contributed by atoms with Crippen molar-refractivity contribution in [2.45, 2.75) is 6.04 Å². The fourth-order valence-corrected chi connectivity index (χ4v) is 2.64. The molecule has 0 saturated heterocycles. The SMILES string of the molecule is CN(C)c1ccc([C@@H](CNS(=O)(=O)CCl)[NH+](C)C)cc1. The van der Waals surface area contributed by atoms with E-state index >= 15 is 0 Å². The van der Waals surface area contributed by atoms with Gasteiger partial charge in [0, 0.05) is 25.3 Å². The van der Waals surface area contributed by atoms with Gasteiger partial charge < -0.3 is 9.80 Å². The highest BCUT2D eigenvalue weighted by molar-refractivity contribution is 7.90. The monoisotopic (exact) mass is 320 g/mol. The average Bonchev–Trinajstić information content (AvgIpc) is 2.39. The average molecular weight is 321 g/mol. The van der Waals surface area contributed by atoms with Gasteiger partial charge in [0.25, 0.3) is 0 Å². The summed E-state index contributed by atoms with van der Waals surface area (Å²) < 4.78 is 25.4. The van der Waals surface area contributed by atoms with E-state index in [0.717, 1.165) is 16.2 Å². The van der Waals surface area contributed by atoms with Crippen molar-refractivity contribution in [1.29, 1.82) is 0 Å². The van der Waals surface area contributed by atoms with Gasteiger partial charge in [-0.3, -0.25) is 0 Å². The summed E-state index contributed by atoms with van der Waals surface area (Å²) >= 11 is 5.40. The van der Waals surface area contributed by atoms with Gasteiger partial charge in [-0.1, -0.05) is 12.1 Å². The Kier molecular flexibility index (Phi) is 6.26. The highest BCUT2D eigenvalue weighted by Gasteiger charge is 2.20. The van der Waals surface area contributed by atoms with Crippen LogP contribution in [0.5, 0.6) is 0 Å². The number of nitrogens with one attached hydrogen (secondary N) is 2. The number of sulfonamides is 1. The van der Waals surface area contributed by atoms with E-state index in [4.69, 9.17) is 11.6 Å². The molecule has 114 valence electrons. The summed E-state index contributed by atoms with van der Waals surface area (Å²) in [6, 6.07) is 8.16. The Morgan fingerprint density at radius 1 is 1.25 bits per heavy atom. The highest BCUT2D eigenvalue weighted by Crippen LogP contribution is 2.16. The first-order valence-corrected chi connectivity index (χ1v) is 8.56. The lowest BCUT2D eigenvalue weighted by molar-refractivity contribution is -0.890. The summed E-state index contributed by atoms with van der Waals surface area (Å²) in [7, 11) is 4.58. The molecule has 5 nitrogen and oxygen atoms in total. The molecule has 1 atom stereocenters. The minimum Gasteiger partial charge on any atom is -0.378 e. The second-order valence-electron chi connectivity index (χ2n) is 5.19. The molecule has 0 aliphatic carbocycles. The molecule has 0 aliphatic heterocycles. The zero-order valence-electron chi connectivity index (χ0n) is 12.4. The third-order valence-corrected chi connectivity index (χ3v) is 4.92. The lowest BCUT2D eigenvalue weighted by Crippen LogP contribution is -3.07. The Labute approximate surface area is 126 Å². The number of nitrogens with zero attached hydrogens (tertiary/aromatic N) is 1. The zero-order chi connectivity index (χ0) is 15.3.